The van der Waals surface area contributed by atoms with Crippen LogP contribution in [-0.4, -0.2) is 25.0 Å². The van der Waals surface area contributed by atoms with E-state index in [1.807, 2.05) is 13.8 Å². The zero-order valence-corrected chi connectivity index (χ0v) is 13.4. The molecule has 4 heteroatoms. The first-order chi connectivity index (χ1) is 9.00. The third-order valence-electron chi connectivity index (χ3n) is 3.34. The van der Waals surface area contributed by atoms with E-state index in [1.165, 1.54) is 5.56 Å². The van der Waals surface area contributed by atoms with Gasteiger partial charge in [-0.2, -0.15) is 0 Å². The van der Waals surface area contributed by atoms with Crippen LogP contribution in [0.3, 0.4) is 0 Å². The summed E-state index contributed by atoms with van der Waals surface area (Å²) in [5.41, 5.74) is 1.31. The molecule has 1 aliphatic rings. The lowest BCUT2D eigenvalue weighted by molar-refractivity contribution is -0.137. The standard InChI is InChI=1S/C15H22BrNO2/c1-4-14(11-5-7-12(16)8-6-11)17-9-13-10-18-15(2,3)19-13/h5-8,13-14,17H,4,9-10H2,1-3H3. The van der Waals surface area contributed by atoms with Crippen molar-refractivity contribution < 1.29 is 9.47 Å². The fourth-order valence-corrected chi connectivity index (χ4v) is 2.59. The van der Waals surface area contributed by atoms with Crippen molar-refractivity contribution in [3.05, 3.63) is 34.3 Å². The summed E-state index contributed by atoms with van der Waals surface area (Å²) < 4.78 is 12.5. The summed E-state index contributed by atoms with van der Waals surface area (Å²) in [5, 5.41) is 3.56. The fourth-order valence-electron chi connectivity index (χ4n) is 2.33. The second-order valence-corrected chi connectivity index (χ2v) is 6.29. The summed E-state index contributed by atoms with van der Waals surface area (Å²) in [6.07, 6.45) is 1.19. The summed E-state index contributed by atoms with van der Waals surface area (Å²) in [7, 11) is 0. The smallest absolute Gasteiger partial charge is 0.163 e. The van der Waals surface area contributed by atoms with E-state index in [0.717, 1.165) is 17.4 Å². The van der Waals surface area contributed by atoms with Crippen LogP contribution in [0.5, 0.6) is 0 Å². The quantitative estimate of drug-likeness (QED) is 0.895. The Balaban J connectivity index is 1.88. The Kier molecular flexibility index (Phi) is 5.01. The van der Waals surface area contributed by atoms with Crippen LogP contribution in [-0.2, 0) is 9.47 Å². The SMILES string of the molecule is CCC(NCC1COC(C)(C)O1)c1ccc(Br)cc1. The molecule has 1 aliphatic heterocycles. The van der Waals surface area contributed by atoms with Crippen LogP contribution < -0.4 is 5.32 Å². The average molecular weight is 328 g/mol. The molecule has 2 unspecified atom stereocenters. The first-order valence-electron chi connectivity index (χ1n) is 6.81. The van der Waals surface area contributed by atoms with E-state index in [9.17, 15) is 0 Å². The molecule has 2 rings (SSSR count). The molecule has 0 bridgehead atoms. The predicted octanol–water partition coefficient (Wildman–Crippen LogP) is 3.64. The molecule has 1 aromatic rings. The molecule has 0 spiro atoms. The van der Waals surface area contributed by atoms with Crippen LogP contribution in [0.2, 0.25) is 0 Å². The molecule has 0 radical (unpaired) electrons. The van der Waals surface area contributed by atoms with Crippen molar-refractivity contribution in [1.82, 2.24) is 5.32 Å². The van der Waals surface area contributed by atoms with Crippen LogP contribution in [0.25, 0.3) is 0 Å². The van der Waals surface area contributed by atoms with E-state index in [0.29, 0.717) is 12.6 Å². The Labute approximate surface area is 123 Å². The summed E-state index contributed by atoms with van der Waals surface area (Å²) in [5.74, 6) is -0.439. The lowest BCUT2D eigenvalue weighted by Gasteiger charge is -2.21. The van der Waals surface area contributed by atoms with Gasteiger partial charge in [-0.25, -0.2) is 0 Å². The molecule has 1 saturated heterocycles. The first-order valence-corrected chi connectivity index (χ1v) is 7.60. The van der Waals surface area contributed by atoms with Gasteiger partial charge in [0, 0.05) is 17.1 Å². The molecule has 0 amide bonds. The third kappa shape index (κ3) is 4.28. The van der Waals surface area contributed by atoms with E-state index >= 15 is 0 Å². The Morgan fingerprint density at radius 1 is 1.37 bits per heavy atom. The van der Waals surface area contributed by atoms with Crippen molar-refractivity contribution in [2.45, 2.75) is 45.1 Å². The van der Waals surface area contributed by atoms with Gasteiger partial charge in [0.25, 0.3) is 0 Å². The van der Waals surface area contributed by atoms with Crippen molar-refractivity contribution >= 4 is 15.9 Å². The van der Waals surface area contributed by atoms with Gasteiger partial charge >= 0.3 is 0 Å². The van der Waals surface area contributed by atoms with Crippen molar-refractivity contribution in [3.8, 4) is 0 Å². The normalized spacial score (nSPS) is 23.5. The van der Waals surface area contributed by atoms with Crippen LogP contribution in [0.1, 0.15) is 38.8 Å². The molecule has 0 aliphatic carbocycles. The summed E-state index contributed by atoms with van der Waals surface area (Å²) in [6, 6.07) is 8.83. The summed E-state index contributed by atoms with van der Waals surface area (Å²) >= 11 is 3.46. The van der Waals surface area contributed by atoms with Gasteiger partial charge in [0.15, 0.2) is 5.79 Å². The number of hydrogen-bond donors (Lipinski definition) is 1. The highest BCUT2D eigenvalue weighted by molar-refractivity contribution is 9.10. The number of hydrogen-bond acceptors (Lipinski definition) is 3. The molecule has 2 atom stereocenters. The lowest BCUT2D eigenvalue weighted by atomic mass is 10.0. The highest BCUT2D eigenvalue weighted by atomic mass is 79.9. The van der Waals surface area contributed by atoms with Crippen LogP contribution in [0.15, 0.2) is 28.7 Å². The number of rotatable bonds is 5. The van der Waals surface area contributed by atoms with Gasteiger partial charge in [-0.3, -0.25) is 0 Å². The maximum absolute atomic E-state index is 5.81. The fraction of sp³-hybridized carbons (Fsp3) is 0.600. The van der Waals surface area contributed by atoms with E-state index in [2.05, 4.69) is 52.4 Å². The second-order valence-electron chi connectivity index (χ2n) is 5.37. The molecule has 106 valence electrons. The van der Waals surface area contributed by atoms with Gasteiger partial charge < -0.3 is 14.8 Å². The number of benzene rings is 1. The minimum atomic E-state index is -0.439. The summed E-state index contributed by atoms with van der Waals surface area (Å²) in [4.78, 5) is 0. The van der Waals surface area contributed by atoms with Crippen molar-refractivity contribution in [1.29, 1.82) is 0 Å². The maximum Gasteiger partial charge on any atom is 0.163 e. The third-order valence-corrected chi connectivity index (χ3v) is 3.87. The van der Waals surface area contributed by atoms with E-state index < -0.39 is 5.79 Å². The molecular weight excluding hydrogens is 306 g/mol. The number of nitrogens with one attached hydrogen (secondary N) is 1. The number of ether oxygens (including phenoxy) is 2. The molecule has 0 saturated carbocycles. The van der Waals surface area contributed by atoms with Gasteiger partial charge in [-0.15, -0.1) is 0 Å². The Bertz CT molecular complexity index is 405. The molecule has 3 nitrogen and oxygen atoms in total. The van der Waals surface area contributed by atoms with Crippen LogP contribution in [0.4, 0.5) is 0 Å². The van der Waals surface area contributed by atoms with Crippen LogP contribution in [0, 0.1) is 0 Å². The van der Waals surface area contributed by atoms with E-state index in [4.69, 9.17) is 9.47 Å². The predicted molar refractivity (Wildman–Crippen MR) is 80.1 cm³/mol. The zero-order chi connectivity index (χ0) is 13.9. The molecule has 0 aromatic heterocycles. The second kappa shape index (κ2) is 6.35. The molecule has 19 heavy (non-hydrogen) atoms. The van der Waals surface area contributed by atoms with Gasteiger partial charge in [0.1, 0.15) is 0 Å². The Hall–Kier alpha value is -0.420. The highest BCUT2D eigenvalue weighted by Gasteiger charge is 2.32. The van der Waals surface area contributed by atoms with Gasteiger partial charge in [0.2, 0.25) is 0 Å². The van der Waals surface area contributed by atoms with Crippen molar-refractivity contribution in [2.24, 2.45) is 0 Å². The lowest BCUT2D eigenvalue weighted by Crippen LogP contribution is -2.32. The minimum Gasteiger partial charge on any atom is -0.348 e. The maximum atomic E-state index is 5.81. The van der Waals surface area contributed by atoms with E-state index in [-0.39, 0.29) is 6.10 Å². The summed E-state index contributed by atoms with van der Waals surface area (Å²) in [6.45, 7) is 7.59. The zero-order valence-electron chi connectivity index (χ0n) is 11.8. The topological polar surface area (TPSA) is 30.5 Å². The van der Waals surface area contributed by atoms with Crippen molar-refractivity contribution in [3.63, 3.8) is 0 Å². The molecule has 1 fully saturated rings. The average Bonchev–Trinajstić information content (AvgIpc) is 2.72. The molecule has 1 N–H and O–H groups in total. The Morgan fingerprint density at radius 3 is 2.58 bits per heavy atom. The largest absolute Gasteiger partial charge is 0.348 e. The van der Waals surface area contributed by atoms with E-state index in [1.54, 1.807) is 0 Å². The van der Waals surface area contributed by atoms with Gasteiger partial charge in [-0.05, 0) is 38.0 Å². The molecule has 1 aromatic carbocycles. The van der Waals surface area contributed by atoms with Gasteiger partial charge in [-0.1, -0.05) is 35.0 Å². The van der Waals surface area contributed by atoms with Crippen LogP contribution >= 0.6 is 15.9 Å². The Morgan fingerprint density at radius 2 is 2.05 bits per heavy atom. The van der Waals surface area contributed by atoms with Gasteiger partial charge in [0.05, 0.1) is 12.7 Å². The van der Waals surface area contributed by atoms with Crippen molar-refractivity contribution in [2.75, 3.05) is 13.2 Å². The molecule has 1 heterocycles. The number of halogens is 1. The molecular formula is C15H22BrNO2. The highest BCUT2D eigenvalue weighted by Crippen LogP contribution is 2.23. The monoisotopic (exact) mass is 327 g/mol. The minimum absolute atomic E-state index is 0.138. The first kappa shape index (κ1) is 15.0.